The molecule has 1 rings (SSSR count). The lowest BCUT2D eigenvalue weighted by molar-refractivity contribution is 0.107. The van der Waals surface area contributed by atoms with Crippen molar-refractivity contribution in [3.05, 3.63) is 29.8 Å². The van der Waals surface area contributed by atoms with Crippen LogP contribution >= 0.6 is 0 Å². The number of rotatable bonds is 7. The van der Waals surface area contributed by atoms with Crippen LogP contribution in [0.5, 0.6) is 0 Å². The predicted octanol–water partition coefficient (Wildman–Crippen LogP) is 2.04. The summed E-state index contributed by atoms with van der Waals surface area (Å²) in [4.78, 5) is -0.367. The molecule has 4 nitrogen and oxygen atoms in total. The maximum Gasteiger partial charge on any atom is 0.240 e. The molecule has 7 heteroatoms. The minimum atomic E-state index is -3.96. The van der Waals surface area contributed by atoms with Gasteiger partial charge in [0.05, 0.1) is 11.0 Å². The Labute approximate surface area is 117 Å². The van der Waals surface area contributed by atoms with Gasteiger partial charge >= 0.3 is 0 Å². The van der Waals surface area contributed by atoms with Crippen LogP contribution in [0.1, 0.15) is 26.7 Å². The van der Waals surface area contributed by atoms with Gasteiger partial charge in [0.1, 0.15) is 0 Å². The van der Waals surface area contributed by atoms with Gasteiger partial charge in [0.2, 0.25) is 10.0 Å². The summed E-state index contributed by atoms with van der Waals surface area (Å²) in [5, 5.41) is 9.86. The van der Waals surface area contributed by atoms with Gasteiger partial charge in [0.15, 0.2) is 11.6 Å². The lowest BCUT2D eigenvalue weighted by Gasteiger charge is -2.20. The number of hydrogen-bond donors (Lipinski definition) is 2. The molecule has 20 heavy (non-hydrogen) atoms. The van der Waals surface area contributed by atoms with Crippen molar-refractivity contribution in [1.29, 1.82) is 0 Å². The van der Waals surface area contributed by atoms with Crippen molar-refractivity contribution in [3.63, 3.8) is 0 Å². The van der Waals surface area contributed by atoms with E-state index in [4.69, 9.17) is 0 Å². The molecule has 1 aromatic carbocycles. The molecule has 1 unspecified atom stereocenters. The second-order valence-corrected chi connectivity index (χ2v) is 6.34. The fourth-order valence-corrected chi connectivity index (χ4v) is 2.98. The smallest absolute Gasteiger partial charge is 0.240 e. The van der Waals surface area contributed by atoms with Crippen molar-refractivity contribution in [1.82, 2.24) is 4.72 Å². The van der Waals surface area contributed by atoms with Gasteiger partial charge in [-0.15, -0.1) is 0 Å². The van der Waals surface area contributed by atoms with Crippen LogP contribution in [0, 0.1) is 17.6 Å². The summed E-state index contributed by atoms with van der Waals surface area (Å²) in [6, 6.07) is 2.34. The van der Waals surface area contributed by atoms with Crippen molar-refractivity contribution >= 4 is 10.0 Å². The zero-order valence-electron chi connectivity index (χ0n) is 11.4. The molecular weight excluding hydrogens is 288 g/mol. The fraction of sp³-hybridized carbons (Fsp3) is 0.538. The van der Waals surface area contributed by atoms with Crippen molar-refractivity contribution in [2.24, 2.45) is 5.92 Å². The highest BCUT2D eigenvalue weighted by Gasteiger charge is 2.21. The summed E-state index contributed by atoms with van der Waals surface area (Å²) in [6.07, 6.45) is 0.639. The molecule has 0 radical (unpaired) electrons. The normalized spacial score (nSPS) is 13.7. The highest BCUT2D eigenvalue weighted by atomic mass is 32.2. The summed E-state index contributed by atoms with van der Waals surface area (Å²) in [5.74, 6) is -2.35. The Morgan fingerprint density at radius 1 is 1.20 bits per heavy atom. The van der Waals surface area contributed by atoms with Crippen LogP contribution in [0.3, 0.4) is 0 Å². The van der Waals surface area contributed by atoms with Gasteiger partial charge in [-0.25, -0.2) is 21.9 Å². The molecule has 114 valence electrons. The molecule has 0 saturated heterocycles. The van der Waals surface area contributed by atoms with E-state index in [9.17, 15) is 22.3 Å². The Kier molecular flexibility index (Phi) is 6.04. The van der Waals surface area contributed by atoms with Crippen LogP contribution in [-0.4, -0.2) is 26.2 Å². The topological polar surface area (TPSA) is 66.4 Å². The maximum absolute atomic E-state index is 13.0. The highest BCUT2D eigenvalue weighted by molar-refractivity contribution is 7.89. The van der Waals surface area contributed by atoms with Gasteiger partial charge in [-0.2, -0.15) is 0 Å². The van der Waals surface area contributed by atoms with Crippen LogP contribution in [0.2, 0.25) is 0 Å². The van der Waals surface area contributed by atoms with Gasteiger partial charge in [-0.1, -0.05) is 26.7 Å². The molecule has 0 amide bonds. The molecule has 0 aromatic heterocycles. The molecule has 0 heterocycles. The summed E-state index contributed by atoms with van der Waals surface area (Å²) >= 11 is 0. The molecule has 1 aromatic rings. The van der Waals surface area contributed by atoms with E-state index in [0.717, 1.165) is 25.0 Å². The largest absolute Gasteiger partial charge is 0.391 e. The van der Waals surface area contributed by atoms with E-state index in [0.29, 0.717) is 6.07 Å². The molecule has 0 aliphatic carbocycles. The van der Waals surface area contributed by atoms with E-state index in [1.165, 1.54) is 0 Å². The second-order valence-electron chi connectivity index (χ2n) is 4.57. The fourth-order valence-electron chi connectivity index (χ4n) is 1.92. The van der Waals surface area contributed by atoms with E-state index >= 15 is 0 Å². The summed E-state index contributed by atoms with van der Waals surface area (Å²) in [7, 11) is -3.96. The molecule has 0 fully saturated rings. The van der Waals surface area contributed by atoms with Crippen LogP contribution < -0.4 is 4.72 Å². The second kappa shape index (κ2) is 7.10. The monoisotopic (exact) mass is 307 g/mol. The molecule has 1 atom stereocenters. The number of benzene rings is 1. The average Bonchev–Trinajstić information content (AvgIpc) is 2.41. The van der Waals surface area contributed by atoms with Gasteiger partial charge in [-0.05, 0) is 24.1 Å². The Bertz CT molecular complexity index is 545. The molecular formula is C13H19F2NO3S. The first-order valence-electron chi connectivity index (χ1n) is 6.44. The summed E-state index contributed by atoms with van der Waals surface area (Å²) < 4.78 is 51.8. The number of hydrogen-bond acceptors (Lipinski definition) is 3. The Hall–Kier alpha value is -1.05. The zero-order valence-corrected chi connectivity index (χ0v) is 12.3. The number of aliphatic hydroxyl groups is 1. The van der Waals surface area contributed by atoms with Crippen molar-refractivity contribution in [2.75, 3.05) is 6.54 Å². The third kappa shape index (κ3) is 4.22. The van der Waals surface area contributed by atoms with Crippen molar-refractivity contribution in [2.45, 2.75) is 37.7 Å². The minimum absolute atomic E-state index is 0.0114. The maximum atomic E-state index is 13.0. The first-order chi connectivity index (χ1) is 9.31. The summed E-state index contributed by atoms with van der Waals surface area (Å²) in [6.45, 7) is 3.65. The Morgan fingerprint density at radius 3 is 2.30 bits per heavy atom. The minimum Gasteiger partial charge on any atom is -0.391 e. The summed E-state index contributed by atoms with van der Waals surface area (Å²) in [5.41, 5.74) is 0. The van der Waals surface area contributed by atoms with Gasteiger partial charge in [0, 0.05) is 6.54 Å². The van der Waals surface area contributed by atoms with Crippen LogP contribution in [0.25, 0.3) is 0 Å². The first-order valence-corrected chi connectivity index (χ1v) is 7.92. The average molecular weight is 307 g/mol. The lowest BCUT2D eigenvalue weighted by atomic mass is 9.97. The van der Waals surface area contributed by atoms with E-state index in [1.807, 2.05) is 13.8 Å². The molecule has 0 saturated carbocycles. The number of sulfonamides is 1. The SMILES string of the molecule is CCC(CC)C(O)CNS(=O)(=O)c1ccc(F)c(F)c1. The van der Waals surface area contributed by atoms with Crippen molar-refractivity contribution in [3.8, 4) is 0 Å². The molecule has 0 bridgehead atoms. The first kappa shape index (κ1) is 17.0. The lowest BCUT2D eigenvalue weighted by Crippen LogP contribution is -2.36. The molecule has 0 spiro atoms. The van der Waals surface area contributed by atoms with Crippen molar-refractivity contribution < 1.29 is 22.3 Å². The van der Waals surface area contributed by atoms with Gasteiger partial charge in [0.25, 0.3) is 0 Å². The van der Waals surface area contributed by atoms with Gasteiger partial charge in [-0.3, -0.25) is 0 Å². The third-order valence-corrected chi connectivity index (χ3v) is 4.70. The number of halogens is 2. The number of aliphatic hydroxyl groups excluding tert-OH is 1. The van der Waals surface area contributed by atoms with Crippen LogP contribution in [0.4, 0.5) is 8.78 Å². The standard InChI is InChI=1S/C13H19F2NO3S/c1-3-9(4-2)13(17)8-16-20(18,19)10-5-6-11(14)12(15)7-10/h5-7,9,13,16-17H,3-4,8H2,1-2H3. The van der Waals surface area contributed by atoms with E-state index in [-0.39, 0.29) is 17.4 Å². The quantitative estimate of drug-likeness (QED) is 0.810. The van der Waals surface area contributed by atoms with E-state index < -0.39 is 27.8 Å². The predicted molar refractivity (Wildman–Crippen MR) is 71.6 cm³/mol. The van der Waals surface area contributed by atoms with E-state index in [1.54, 1.807) is 0 Å². The van der Waals surface area contributed by atoms with Gasteiger partial charge < -0.3 is 5.11 Å². The zero-order chi connectivity index (χ0) is 15.3. The molecule has 0 aliphatic rings. The Morgan fingerprint density at radius 2 is 1.80 bits per heavy atom. The Balaban J connectivity index is 2.77. The van der Waals surface area contributed by atoms with E-state index in [2.05, 4.69) is 4.72 Å². The van der Waals surface area contributed by atoms with Crippen LogP contribution in [0.15, 0.2) is 23.1 Å². The molecule has 2 N–H and O–H groups in total. The third-order valence-electron chi connectivity index (χ3n) is 3.28. The molecule has 0 aliphatic heterocycles. The number of nitrogens with one attached hydrogen (secondary N) is 1. The highest BCUT2D eigenvalue weighted by Crippen LogP contribution is 2.15. The van der Waals surface area contributed by atoms with Crippen LogP contribution in [-0.2, 0) is 10.0 Å².